The number of ether oxygens (including phenoxy) is 1. The zero-order chi connectivity index (χ0) is 24.7. The fourth-order valence-corrected chi connectivity index (χ4v) is 4.85. The van der Waals surface area contributed by atoms with Crippen LogP contribution in [-0.2, 0) is 15.1 Å². The summed E-state index contributed by atoms with van der Waals surface area (Å²) in [6, 6.07) is 24.6. The Morgan fingerprint density at radius 3 is 2.50 bits per heavy atom. The SMILES string of the molecule is COC(=O)C=Cc1ccc2nn3cc(-c4ccccc4)c(-c4ccc(C5(N)CCC5)cc4)nc3c2c1. The summed E-state index contributed by atoms with van der Waals surface area (Å²) in [5.41, 5.74) is 14.0. The van der Waals surface area contributed by atoms with Crippen molar-refractivity contribution in [1.82, 2.24) is 14.6 Å². The van der Waals surface area contributed by atoms with Gasteiger partial charge in [0, 0.05) is 34.3 Å². The predicted molar refractivity (Wildman–Crippen MR) is 142 cm³/mol. The molecule has 6 nitrogen and oxygen atoms in total. The first-order valence-electron chi connectivity index (χ1n) is 12.1. The lowest BCUT2D eigenvalue weighted by Gasteiger charge is -2.38. The number of hydrogen-bond acceptors (Lipinski definition) is 5. The number of hydrogen-bond donors (Lipinski definition) is 1. The number of nitrogens with zero attached hydrogens (tertiary/aromatic N) is 3. The van der Waals surface area contributed by atoms with Gasteiger partial charge in [-0.1, -0.05) is 60.7 Å². The van der Waals surface area contributed by atoms with Crippen LogP contribution in [-0.4, -0.2) is 27.7 Å². The topological polar surface area (TPSA) is 82.5 Å². The van der Waals surface area contributed by atoms with E-state index >= 15 is 0 Å². The van der Waals surface area contributed by atoms with Crippen molar-refractivity contribution in [3.8, 4) is 22.4 Å². The lowest BCUT2D eigenvalue weighted by atomic mass is 9.72. The molecule has 5 aromatic rings. The molecule has 2 N–H and O–H groups in total. The number of carbonyl (C=O) groups is 1. The van der Waals surface area contributed by atoms with Gasteiger partial charge in [0.25, 0.3) is 0 Å². The maximum atomic E-state index is 11.5. The van der Waals surface area contributed by atoms with Gasteiger partial charge in [-0.15, -0.1) is 0 Å². The first kappa shape index (κ1) is 22.2. The van der Waals surface area contributed by atoms with Gasteiger partial charge in [-0.3, -0.25) is 0 Å². The van der Waals surface area contributed by atoms with Crippen LogP contribution in [0.5, 0.6) is 0 Å². The average molecular weight is 475 g/mol. The van der Waals surface area contributed by atoms with Gasteiger partial charge in [0.2, 0.25) is 0 Å². The minimum atomic E-state index is -0.396. The second-order valence-electron chi connectivity index (χ2n) is 9.36. The van der Waals surface area contributed by atoms with Crippen molar-refractivity contribution in [2.75, 3.05) is 7.11 Å². The van der Waals surface area contributed by atoms with Gasteiger partial charge in [0.05, 0.1) is 18.3 Å². The molecule has 0 bridgehead atoms. The molecule has 36 heavy (non-hydrogen) atoms. The number of esters is 1. The van der Waals surface area contributed by atoms with E-state index in [-0.39, 0.29) is 5.54 Å². The Kier molecular flexibility index (Phi) is 5.38. The lowest BCUT2D eigenvalue weighted by Crippen LogP contribution is -2.43. The van der Waals surface area contributed by atoms with Gasteiger partial charge in [-0.2, -0.15) is 5.10 Å². The summed E-state index contributed by atoms with van der Waals surface area (Å²) < 4.78 is 6.55. The summed E-state index contributed by atoms with van der Waals surface area (Å²) in [4.78, 5) is 16.7. The Hall–Kier alpha value is -4.29. The fourth-order valence-electron chi connectivity index (χ4n) is 4.85. The standard InChI is InChI=1S/C30H26N4O2/c1-36-27(35)15-9-20-8-14-26-24(18-20)29-32-28(22-10-12-23(13-11-22)30(31)16-5-17-30)25(19-34(29)33-26)21-6-3-2-4-7-21/h2-4,6-15,18-19H,5,16-17,31H2,1H3. The zero-order valence-corrected chi connectivity index (χ0v) is 20.0. The smallest absolute Gasteiger partial charge is 0.330 e. The second kappa shape index (κ2) is 8.73. The van der Waals surface area contributed by atoms with Crippen LogP contribution < -0.4 is 5.73 Å². The van der Waals surface area contributed by atoms with Crippen molar-refractivity contribution in [2.24, 2.45) is 5.73 Å². The van der Waals surface area contributed by atoms with Crippen LogP contribution in [0.15, 0.2) is 85.1 Å². The normalized spacial score (nSPS) is 14.8. The molecule has 2 heterocycles. The van der Waals surface area contributed by atoms with E-state index in [9.17, 15) is 4.79 Å². The molecular weight excluding hydrogens is 448 g/mol. The van der Waals surface area contributed by atoms with Crippen molar-refractivity contribution >= 4 is 28.6 Å². The highest BCUT2D eigenvalue weighted by Gasteiger charge is 2.34. The number of fused-ring (bicyclic) bond motifs is 3. The second-order valence-corrected chi connectivity index (χ2v) is 9.36. The van der Waals surface area contributed by atoms with E-state index in [1.807, 2.05) is 47.1 Å². The van der Waals surface area contributed by atoms with E-state index in [4.69, 9.17) is 20.6 Å². The molecule has 1 aliphatic rings. The number of carbonyl (C=O) groups excluding carboxylic acids is 1. The van der Waals surface area contributed by atoms with E-state index in [1.165, 1.54) is 25.2 Å². The highest BCUT2D eigenvalue weighted by Crippen LogP contribution is 2.40. The van der Waals surface area contributed by atoms with E-state index < -0.39 is 5.97 Å². The van der Waals surface area contributed by atoms with E-state index in [2.05, 4.69) is 36.4 Å². The molecule has 1 aliphatic carbocycles. The third kappa shape index (κ3) is 3.85. The van der Waals surface area contributed by atoms with Crippen molar-refractivity contribution in [3.63, 3.8) is 0 Å². The molecule has 1 saturated carbocycles. The molecule has 1 fully saturated rings. The number of nitrogens with two attached hydrogens (primary N) is 1. The van der Waals surface area contributed by atoms with Gasteiger partial charge in [0.1, 0.15) is 0 Å². The molecule has 0 atom stereocenters. The van der Waals surface area contributed by atoms with E-state index in [0.717, 1.165) is 57.3 Å². The first-order chi connectivity index (χ1) is 17.5. The molecule has 0 radical (unpaired) electrons. The minimum Gasteiger partial charge on any atom is -0.466 e. The van der Waals surface area contributed by atoms with Crippen LogP contribution in [0.4, 0.5) is 0 Å². The molecule has 6 rings (SSSR count). The van der Waals surface area contributed by atoms with E-state index in [0.29, 0.717) is 0 Å². The van der Waals surface area contributed by atoms with Crippen LogP contribution >= 0.6 is 0 Å². The third-order valence-electron chi connectivity index (χ3n) is 7.10. The first-order valence-corrected chi connectivity index (χ1v) is 12.1. The summed E-state index contributed by atoms with van der Waals surface area (Å²) in [5, 5.41) is 5.69. The molecule has 6 heteroatoms. The van der Waals surface area contributed by atoms with Crippen molar-refractivity contribution in [1.29, 1.82) is 0 Å². The van der Waals surface area contributed by atoms with Crippen LogP contribution in [0.25, 0.3) is 45.0 Å². The molecule has 3 aromatic carbocycles. The molecule has 178 valence electrons. The summed E-state index contributed by atoms with van der Waals surface area (Å²) in [6.07, 6.45) is 8.42. The van der Waals surface area contributed by atoms with Gasteiger partial charge in [-0.05, 0) is 54.2 Å². The highest BCUT2D eigenvalue weighted by molar-refractivity contribution is 5.96. The Morgan fingerprint density at radius 2 is 1.81 bits per heavy atom. The summed E-state index contributed by atoms with van der Waals surface area (Å²) in [5.74, 6) is -0.396. The van der Waals surface area contributed by atoms with Crippen molar-refractivity contribution in [2.45, 2.75) is 24.8 Å². The number of benzene rings is 3. The monoisotopic (exact) mass is 474 g/mol. The van der Waals surface area contributed by atoms with Gasteiger partial charge < -0.3 is 10.5 Å². The largest absolute Gasteiger partial charge is 0.466 e. The van der Waals surface area contributed by atoms with Gasteiger partial charge in [0.15, 0.2) is 5.65 Å². The molecular formula is C30H26N4O2. The van der Waals surface area contributed by atoms with Crippen molar-refractivity contribution < 1.29 is 9.53 Å². The van der Waals surface area contributed by atoms with Crippen molar-refractivity contribution in [3.05, 3.63) is 96.2 Å². The van der Waals surface area contributed by atoms with E-state index in [1.54, 1.807) is 6.08 Å². The maximum absolute atomic E-state index is 11.5. The van der Waals surface area contributed by atoms with Crippen LogP contribution in [0.2, 0.25) is 0 Å². The average Bonchev–Trinajstić information content (AvgIpc) is 3.27. The molecule has 0 amide bonds. The maximum Gasteiger partial charge on any atom is 0.330 e. The zero-order valence-electron chi connectivity index (χ0n) is 20.0. The fraction of sp³-hybridized carbons (Fsp3) is 0.167. The molecule has 0 spiro atoms. The van der Waals surface area contributed by atoms with Gasteiger partial charge in [-0.25, -0.2) is 14.3 Å². The Bertz CT molecular complexity index is 1610. The lowest BCUT2D eigenvalue weighted by molar-refractivity contribution is -0.134. The van der Waals surface area contributed by atoms with Crippen LogP contribution in [0, 0.1) is 0 Å². The number of methoxy groups -OCH3 is 1. The summed E-state index contributed by atoms with van der Waals surface area (Å²) in [7, 11) is 1.36. The molecule has 0 saturated heterocycles. The summed E-state index contributed by atoms with van der Waals surface area (Å²) >= 11 is 0. The third-order valence-corrected chi connectivity index (χ3v) is 7.10. The molecule has 2 aromatic heterocycles. The Balaban J connectivity index is 1.52. The number of rotatable bonds is 5. The quantitative estimate of drug-likeness (QED) is 0.259. The number of aromatic nitrogens is 3. The predicted octanol–water partition coefficient (Wildman–Crippen LogP) is 5.74. The highest BCUT2D eigenvalue weighted by atomic mass is 16.5. The molecule has 0 unspecified atom stereocenters. The van der Waals surface area contributed by atoms with Crippen LogP contribution in [0.1, 0.15) is 30.4 Å². The Morgan fingerprint density at radius 1 is 1.03 bits per heavy atom. The van der Waals surface area contributed by atoms with Gasteiger partial charge >= 0.3 is 5.97 Å². The van der Waals surface area contributed by atoms with Crippen LogP contribution in [0.3, 0.4) is 0 Å². The summed E-state index contributed by atoms with van der Waals surface area (Å²) in [6.45, 7) is 0. The minimum absolute atomic E-state index is 0.200. The Labute approximate surface area is 209 Å². The molecule has 0 aliphatic heterocycles.